The number of benzene rings is 1. The Morgan fingerprint density at radius 1 is 1.18 bits per heavy atom. The zero-order chi connectivity index (χ0) is 27.8. The number of amides is 2. The molecule has 0 bridgehead atoms. The molecule has 2 saturated heterocycles. The minimum absolute atomic E-state index is 0.00979. The minimum Gasteiger partial charge on any atom is -0.504 e. The number of likely N-dealkylation sites (tertiary alicyclic amines) is 1. The molecule has 39 heavy (non-hydrogen) atoms. The van der Waals surface area contributed by atoms with Crippen molar-refractivity contribution in [1.82, 2.24) is 4.90 Å². The van der Waals surface area contributed by atoms with Crippen molar-refractivity contribution in [3.8, 4) is 11.5 Å². The smallest absolute Gasteiger partial charge is 0.234 e. The number of hydrogen-bond acceptors (Lipinski definition) is 5. The van der Waals surface area contributed by atoms with Gasteiger partial charge in [0, 0.05) is 12.0 Å². The highest BCUT2D eigenvalue weighted by molar-refractivity contribution is 14.1. The molecule has 4 aliphatic rings. The number of phenolic OH excluding ortho intramolecular Hbond substituents is 1. The number of nitrogens with zero attached hydrogens (tertiary/aromatic N) is 1. The Kier molecular flexibility index (Phi) is 8.77. The average molecular weight is 648 g/mol. The summed E-state index contributed by atoms with van der Waals surface area (Å²) >= 11 is 2.13. The molecule has 5 rings (SSSR count). The normalized spacial score (nSPS) is 27.9. The van der Waals surface area contributed by atoms with Gasteiger partial charge in [-0.1, -0.05) is 57.3 Å². The second-order valence-corrected chi connectivity index (χ2v) is 13.1. The predicted molar refractivity (Wildman–Crippen MR) is 160 cm³/mol. The molecule has 0 aromatic heterocycles. The van der Waals surface area contributed by atoms with Crippen molar-refractivity contribution >= 4 is 40.5 Å². The lowest BCUT2D eigenvalue weighted by Gasteiger charge is -2.33. The van der Waals surface area contributed by atoms with Gasteiger partial charge in [-0.25, -0.2) is 0 Å². The molecule has 2 amide bonds. The summed E-state index contributed by atoms with van der Waals surface area (Å²) in [5.41, 5.74) is 4.97. The first kappa shape index (κ1) is 28.7. The van der Waals surface area contributed by atoms with Crippen molar-refractivity contribution < 1.29 is 24.2 Å². The summed E-state index contributed by atoms with van der Waals surface area (Å²) in [7, 11) is 1.57. The maximum atomic E-state index is 13.8. The Labute approximate surface area is 246 Å². The van der Waals surface area contributed by atoms with Crippen molar-refractivity contribution in [1.29, 1.82) is 0 Å². The van der Waals surface area contributed by atoms with Gasteiger partial charge in [0.15, 0.2) is 11.5 Å². The van der Waals surface area contributed by atoms with Crippen molar-refractivity contribution in [3.05, 3.63) is 38.0 Å². The van der Waals surface area contributed by atoms with E-state index in [9.17, 15) is 14.7 Å². The fourth-order valence-electron chi connectivity index (χ4n) is 7.42. The van der Waals surface area contributed by atoms with Crippen LogP contribution in [-0.2, 0) is 14.3 Å². The Morgan fingerprint density at radius 2 is 1.92 bits per heavy atom. The Bertz CT molecular complexity index is 1180. The second-order valence-electron chi connectivity index (χ2n) is 12.0. The maximum absolute atomic E-state index is 13.8. The molecule has 7 heteroatoms. The van der Waals surface area contributed by atoms with Crippen molar-refractivity contribution in [2.45, 2.75) is 90.7 Å². The van der Waals surface area contributed by atoms with Crippen LogP contribution in [0.4, 0.5) is 0 Å². The fraction of sp³-hybridized carbons (Fsp3) is 0.625. The van der Waals surface area contributed by atoms with Gasteiger partial charge in [0.2, 0.25) is 11.8 Å². The van der Waals surface area contributed by atoms with Crippen LogP contribution in [0.5, 0.6) is 11.5 Å². The third kappa shape index (κ3) is 5.42. The largest absolute Gasteiger partial charge is 0.504 e. The number of halogens is 1. The molecule has 1 saturated carbocycles. The topological polar surface area (TPSA) is 76.1 Å². The molecule has 1 aromatic rings. The highest BCUT2D eigenvalue weighted by Gasteiger charge is 2.58. The lowest BCUT2D eigenvalue weighted by atomic mass is 9.67. The van der Waals surface area contributed by atoms with E-state index < -0.39 is 0 Å². The number of imide groups is 1. The second kappa shape index (κ2) is 11.9. The van der Waals surface area contributed by atoms with Gasteiger partial charge in [-0.3, -0.25) is 14.5 Å². The molecule has 2 heterocycles. The van der Waals surface area contributed by atoms with Crippen LogP contribution in [0.25, 0.3) is 6.08 Å². The van der Waals surface area contributed by atoms with E-state index in [0.29, 0.717) is 24.7 Å². The highest BCUT2D eigenvalue weighted by atomic mass is 127. The van der Waals surface area contributed by atoms with Crippen LogP contribution in [0.2, 0.25) is 0 Å². The number of methoxy groups -OCH3 is 1. The molecular weight excluding hydrogens is 605 g/mol. The van der Waals surface area contributed by atoms with Crippen LogP contribution >= 0.6 is 22.6 Å². The molecule has 2 aliphatic heterocycles. The molecule has 2 aliphatic carbocycles. The van der Waals surface area contributed by atoms with Gasteiger partial charge in [0.25, 0.3) is 0 Å². The summed E-state index contributed by atoms with van der Waals surface area (Å²) in [6, 6.07) is 3.93. The fourth-order valence-corrected chi connectivity index (χ4v) is 8.04. The first-order valence-corrected chi connectivity index (χ1v) is 15.8. The standard InChI is InChI=1S/C32H42INO5/c1-5-19(13-20-14-25(33)30(35)27(15-20)38-4)11-12-26-28-22(18(2)3)16-23-29(24(28)17-39-26)32(37)34(31(23)36)21-9-7-6-8-10-21/h13-15,18,21,23-24,26,29,35H,5-12,16-17H2,1-4H3/b19-13+/t23-,24+,26-,29-/m1/s1. The van der Waals surface area contributed by atoms with Gasteiger partial charge >= 0.3 is 0 Å². The summed E-state index contributed by atoms with van der Waals surface area (Å²) in [5, 5.41) is 10.2. The number of rotatable bonds is 8. The van der Waals surface area contributed by atoms with Crippen LogP contribution < -0.4 is 4.74 Å². The monoisotopic (exact) mass is 647 g/mol. The van der Waals surface area contributed by atoms with E-state index in [4.69, 9.17) is 9.47 Å². The number of hydrogen-bond donors (Lipinski definition) is 1. The molecular formula is C32H42INO5. The van der Waals surface area contributed by atoms with Crippen LogP contribution in [0, 0.1) is 27.2 Å². The molecule has 1 N–H and O–H groups in total. The molecule has 1 aromatic carbocycles. The van der Waals surface area contributed by atoms with E-state index >= 15 is 0 Å². The van der Waals surface area contributed by atoms with Gasteiger partial charge in [-0.2, -0.15) is 0 Å². The lowest BCUT2D eigenvalue weighted by Crippen LogP contribution is -2.42. The van der Waals surface area contributed by atoms with Crippen molar-refractivity contribution in [2.75, 3.05) is 13.7 Å². The first-order chi connectivity index (χ1) is 18.7. The summed E-state index contributed by atoms with van der Waals surface area (Å²) in [6.45, 7) is 7.13. The highest BCUT2D eigenvalue weighted by Crippen LogP contribution is 2.52. The van der Waals surface area contributed by atoms with E-state index in [1.807, 2.05) is 12.1 Å². The van der Waals surface area contributed by atoms with Crippen molar-refractivity contribution in [2.24, 2.45) is 23.7 Å². The van der Waals surface area contributed by atoms with E-state index in [1.165, 1.54) is 23.1 Å². The Balaban J connectivity index is 1.36. The van der Waals surface area contributed by atoms with E-state index in [2.05, 4.69) is 49.4 Å². The third-order valence-electron chi connectivity index (χ3n) is 9.44. The van der Waals surface area contributed by atoms with Crippen LogP contribution in [0.3, 0.4) is 0 Å². The molecule has 212 valence electrons. The van der Waals surface area contributed by atoms with E-state index in [1.54, 1.807) is 12.0 Å². The summed E-state index contributed by atoms with van der Waals surface area (Å²) in [6.07, 6.45) is 10.9. The number of ether oxygens (including phenoxy) is 2. The van der Waals surface area contributed by atoms with E-state index in [0.717, 1.165) is 54.1 Å². The van der Waals surface area contributed by atoms with Gasteiger partial charge in [0.05, 0.1) is 35.2 Å². The molecule has 4 atom stereocenters. The molecule has 0 unspecified atom stereocenters. The Hall–Kier alpha value is -1.87. The van der Waals surface area contributed by atoms with Gasteiger partial charge in [-0.15, -0.1) is 0 Å². The summed E-state index contributed by atoms with van der Waals surface area (Å²) in [4.78, 5) is 29.1. The van der Waals surface area contributed by atoms with E-state index in [-0.39, 0.29) is 47.5 Å². The maximum Gasteiger partial charge on any atom is 0.234 e. The lowest BCUT2D eigenvalue weighted by molar-refractivity contribution is -0.143. The van der Waals surface area contributed by atoms with Crippen LogP contribution in [0.1, 0.15) is 84.1 Å². The quantitative estimate of drug-likeness (QED) is 0.189. The summed E-state index contributed by atoms with van der Waals surface area (Å²) < 4.78 is 12.6. The third-order valence-corrected chi connectivity index (χ3v) is 10.3. The average Bonchev–Trinajstić information content (AvgIpc) is 3.46. The molecule has 3 fully saturated rings. The van der Waals surface area contributed by atoms with Crippen molar-refractivity contribution in [3.63, 3.8) is 0 Å². The zero-order valence-electron chi connectivity index (χ0n) is 23.7. The number of allylic oxidation sites excluding steroid dienone is 2. The number of carbonyl (C=O) groups excluding carboxylic acids is 2. The minimum atomic E-state index is -0.255. The number of phenols is 1. The Morgan fingerprint density at radius 3 is 2.59 bits per heavy atom. The van der Waals surface area contributed by atoms with Gasteiger partial charge in [-0.05, 0) is 90.3 Å². The van der Waals surface area contributed by atoms with Gasteiger partial charge in [0.1, 0.15) is 0 Å². The van der Waals surface area contributed by atoms with Gasteiger partial charge < -0.3 is 14.6 Å². The number of carbonyl (C=O) groups is 2. The predicted octanol–water partition coefficient (Wildman–Crippen LogP) is 6.88. The number of aromatic hydroxyl groups is 1. The SMILES string of the molecule is CC/C(=C\c1cc(I)c(O)c(OC)c1)CC[C@H]1OC[C@H]2C1=C(C(C)C)C[C@H]1C(=O)N(C3CCCCC3)C(=O)[C@H]12. The first-order valence-electron chi connectivity index (χ1n) is 14.7. The molecule has 6 nitrogen and oxygen atoms in total. The van der Waals surface area contributed by atoms with Crippen LogP contribution in [0.15, 0.2) is 28.9 Å². The summed E-state index contributed by atoms with van der Waals surface area (Å²) in [5.74, 6) is 0.668. The molecule has 0 spiro atoms. The zero-order valence-corrected chi connectivity index (χ0v) is 25.8. The van der Waals surface area contributed by atoms with Crippen LogP contribution in [-0.4, -0.2) is 47.7 Å². The number of fused-ring (bicyclic) bond motifs is 3. The molecule has 0 radical (unpaired) electrons.